The number of H-pyrrole nitrogens is 1. The van der Waals surface area contributed by atoms with E-state index in [0.29, 0.717) is 29.4 Å². The first kappa shape index (κ1) is 21.0. The molecule has 2 aromatic carbocycles. The lowest BCUT2D eigenvalue weighted by molar-refractivity contribution is -0.137. The smallest absolute Gasteiger partial charge is 0.398 e. The molecule has 0 aliphatic heterocycles. The Hall–Kier alpha value is -3.29. The summed E-state index contributed by atoms with van der Waals surface area (Å²) in [6.45, 7) is 0. The minimum Gasteiger partial charge on any atom is -0.398 e. The molecule has 1 amide bonds. The van der Waals surface area contributed by atoms with Crippen LogP contribution in [0.5, 0.6) is 0 Å². The molecule has 1 aliphatic rings. The Bertz CT molecular complexity index is 1080. The van der Waals surface area contributed by atoms with Crippen molar-refractivity contribution in [1.82, 2.24) is 9.97 Å². The van der Waals surface area contributed by atoms with Crippen LogP contribution in [0.4, 0.5) is 19.1 Å². The lowest BCUT2D eigenvalue weighted by Crippen LogP contribution is -2.21. The predicted octanol–water partition coefficient (Wildman–Crippen LogP) is 5.47. The number of para-hydroxylation sites is 2. The van der Waals surface area contributed by atoms with Crippen LogP contribution in [-0.4, -0.2) is 15.9 Å². The van der Waals surface area contributed by atoms with Gasteiger partial charge in [0.1, 0.15) is 0 Å². The van der Waals surface area contributed by atoms with Gasteiger partial charge in [0.2, 0.25) is 5.95 Å². The number of aromatic amines is 1. The van der Waals surface area contributed by atoms with Crippen LogP contribution in [-0.2, 0) is 11.0 Å². The number of amides is 1. The average molecular weight is 428 g/mol. The van der Waals surface area contributed by atoms with Crippen molar-refractivity contribution in [2.75, 3.05) is 5.32 Å². The van der Waals surface area contributed by atoms with E-state index in [1.807, 2.05) is 24.3 Å². The number of alkyl halides is 3. The van der Waals surface area contributed by atoms with Gasteiger partial charge in [-0.25, -0.2) is 4.98 Å². The fourth-order valence-corrected chi connectivity index (χ4v) is 4.04. The van der Waals surface area contributed by atoms with E-state index in [4.69, 9.17) is 5.73 Å². The van der Waals surface area contributed by atoms with E-state index in [2.05, 4.69) is 15.3 Å². The number of carbonyl (C=O) groups is 1. The molecule has 5 nitrogen and oxygen atoms in total. The van der Waals surface area contributed by atoms with Gasteiger partial charge in [-0.3, -0.25) is 10.1 Å². The van der Waals surface area contributed by atoms with Crippen LogP contribution < -0.4 is 11.1 Å². The lowest BCUT2D eigenvalue weighted by atomic mass is 9.93. The minimum absolute atomic E-state index is 0.189. The molecule has 4 N–H and O–H groups in total. The second kappa shape index (κ2) is 8.45. The summed E-state index contributed by atoms with van der Waals surface area (Å²) in [5, 5.41) is 2.77. The summed E-state index contributed by atoms with van der Waals surface area (Å²) in [6.07, 6.45) is 0.247. The molecule has 1 aromatic heterocycles. The second-order valence-electron chi connectivity index (χ2n) is 7.88. The highest BCUT2D eigenvalue weighted by Gasteiger charge is 2.30. The van der Waals surface area contributed by atoms with E-state index < -0.39 is 17.6 Å². The number of carbonyl (C=O) groups excluding carboxylic acids is 1. The standard InChI is InChI=1S/C23H23F3N4O/c24-23(25,26)16-11-9-15(10-12-16)20(27)17(13-14-5-1-2-6-14)21(31)30-22-28-18-7-3-4-8-19(18)29-22/h3-4,7-12,14H,1-2,5-6,13,27H2,(H2,28,29,30,31)/b20-17-. The number of halogens is 3. The van der Waals surface area contributed by atoms with Crippen molar-refractivity contribution in [3.63, 3.8) is 0 Å². The minimum atomic E-state index is -4.43. The third-order valence-corrected chi connectivity index (χ3v) is 5.71. The fraction of sp³-hybridized carbons (Fsp3) is 0.304. The monoisotopic (exact) mass is 428 g/mol. The third kappa shape index (κ3) is 4.73. The van der Waals surface area contributed by atoms with Crippen molar-refractivity contribution in [3.05, 3.63) is 65.2 Å². The Morgan fingerprint density at radius 2 is 1.77 bits per heavy atom. The van der Waals surface area contributed by atoms with Crippen LogP contribution in [0.3, 0.4) is 0 Å². The molecule has 1 aliphatic carbocycles. The van der Waals surface area contributed by atoms with Crippen LogP contribution in [0.1, 0.15) is 43.2 Å². The van der Waals surface area contributed by atoms with Gasteiger partial charge < -0.3 is 10.7 Å². The highest BCUT2D eigenvalue weighted by atomic mass is 19.4. The number of imidazole rings is 1. The molecule has 0 radical (unpaired) electrons. The summed E-state index contributed by atoms with van der Waals surface area (Å²) in [5.74, 6) is 0.225. The van der Waals surface area contributed by atoms with E-state index in [1.54, 1.807) is 0 Å². The predicted molar refractivity (Wildman–Crippen MR) is 114 cm³/mol. The number of nitrogens with two attached hydrogens (primary N) is 1. The van der Waals surface area contributed by atoms with Crippen molar-refractivity contribution in [1.29, 1.82) is 0 Å². The molecule has 1 heterocycles. The molecule has 0 unspecified atom stereocenters. The van der Waals surface area contributed by atoms with Gasteiger partial charge in [0.05, 0.1) is 16.6 Å². The number of nitrogens with zero attached hydrogens (tertiary/aromatic N) is 1. The molecular formula is C23H23F3N4O. The zero-order chi connectivity index (χ0) is 22.0. The topological polar surface area (TPSA) is 83.8 Å². The first-order valence-electron chi connectivity index (χ1n) is 10.2. The van der Waals surface area contributed by atoms with Crippen molar-refractivity contribution in [2.24, 2.45) is 11.7 Å². The number of hydrogen-bond acceptors (Lipinski definition) is 3. The Morgan fingerprint density at radius 3 is 2.42 bits per heavy atom. The van der Waals surface area contributed by atoms with Gasteiger partial charge in [-0.1, -0.05) is 49.9 Å². The maximum Gasteiger partial charge on any atom is 0.416 e. The SMILES string of the molecule is N/C(=C(/CC1CCCC1)C(=O)Nc1nc2ccccc2[nH]1)c1ccc(C(F)(F)F)cc1. The van der Waals surface area contributed by atoms with Crippen molar-refractivity contribution >= 4 is 28.6 Å². The Labute approximate surface area is 177 Å². The van der Waals surface area contributed by atoms with Gasteiger partial charge in [-0.2, -0.15) is 13.2 Å². The van der Waals surface area contributed by atoms with E-state index >= 15 is 0 Å². The van der Waals surface area contributed by atoms with E-state index in [9.17, 15) is 18.0 Å². The highest BCUT2D eigenvalue weighted by Crippen LogP contribution is 2.34. The number of anilines is 1. The van der Waals surface area contributed by atoms with E-state index in [-0.39, 0.29) is 5.70 Å². The van der Waals surface area contributed by atoms with Crippen LogP contribution >= 0.6 is 0 Å². The number of fused-ring (bicyclic) bond motifs is 1. The maximum atomic E-state index is 13.1. The first-order valence-corrected chi connectivity index (χ1v) is 10.2. The molecule has 162 valence electrons. The van der Waals surface area contributed by atoms with Gasteiger partial charge in [-0.05, 0) is 42.2 Å². The zero-order valence-electron chi connectivity index (χ0n) is 16.8. The molecule has 31 heavy (non-hydrogen) atoms. The van der Waals surface area contributed by atoms with Crippen molar-refractivity contribution in [3.8, 4) is 0 Å². The number of nitrogens with one attached hydrogen (secondary N) is 2. The number of hydrogen-bond donors (Lipinski definition) is 3. The van der Waals surface area contributed by atoms with Gasteiger partial charge in [-0.15, -0.1) is 0 Å². The molecule has 0 atom stereocenters. The summed E-state index contributed by atoms with van der Waals surface area (Å²) in [4.78, 5) is 20.5. The maximum absolute atomic E-state index is 13.1. The Kier molecular flexibility index (Phi) is 5.71. The van der Waals surface area contributed by atoms with Gasteiger partial charge in [0.25, 0.3) is 5.91 Å². The molecule has 8 heteroatoms. The van der Waals surface area contributed by atoms with E-state index in [0.717, 1.165) is 48.8 Å². The van der Waals surface area contributed by atoms with E-state index in [1.165, 1.54) is 12.1 Å². The summed E-state index contributed by atoms with van der Waals surface area (Å²) >= 11 is 0. The molecule has 0 bridgehead atoms. The van der Waals surface area contributed by atoms with Crippen LogP contribution in [0.2, 0.25) is 0 Å². The van der Waals surface area contributed by atoms with Crippen LogP contribution in [0, 0.1) is 5.92 Å². The molecule has 0 spiro atoms. The molecule has 1 fully saturated rings. The van der Waals surface area contributed by atoms with Crippen LogP contribution in [0.25, 0.3) is 16.7 Å². The van der Waals surface area contributed by atoms with Crippen LogP contribution in [0.15, 0.2) is 54.1 Å². The molecule has 3 aromatic rings. The fourth-order valence-electron chi connectivity index (χ4n) is 4.04. The normalized spacial score (nSPS) is 15.8. The second-order valence-corrected chi connectivity index (χ2v) is 7.88. The number of benzene rings is 2. The summed E-state index contributed by atoms with van der Waals surface area (Å²) in [5.41, 5.74) is 8.01. The van der Waals surface area contributed by atoms with Gasteiger partial charge >= 0.3 is 6.18 Å². The Morgan fingerprint density at radius 1 is 1.10 bits per heavy atom. The highest BCUT2D eigenvalue weighted by molar-refractivity contribution is 6.08. The van der Waals surface area contributed by atoms with Crippen molar-refractivity contribution < 1.29 is 18.0 Å². The number of aromatic nitrogens is 2. The summed E-state index contributed by atoms with van der Waals surface area (Å²) in [6, 6.07) is 12.0. The first-order chi connectivity index (χ1) is 14.8. The Balaban J connectivity index is 1.64. The zero-order valence-corrected chi connectivity index (χ0v) is 16.8. The number of rotatable bonds is 5. The molecule has 0 saturated heterocycles. The molecule has 1 saturated carbocycles. The van der Waals surface area contributed by atoms with Crippen molar-refractivity contribution in [2.45, 2.75) is 38.3 Å². The average Bonchev–Trinajstić information content (AvgIpc) is 3.40. The van der Waals surface area contributed by atoms with Gasteiger partial charge in [0, 0.05) is 11.3 Å². The molecule has 4 rings (SSSR count). The summed E-state index contributed by atoms with van der Waals surface area (Å²) < 4.78 is 38.7. The van der Waals surface area contributed by atoms with Gasteiger partial charge in [0.15, 0.2) is 0 Å². The molecular weight excluding hydrogens is 405 g/mol. The quantitative estimate of drug-likeness (QED) is 0.471. The largest absolute Gasteiger partial charge is 0.416 e. The summed E-state index contributed by atoms with van der Waals surface area (Å²) in [7, 11) is 0. The third-order valence-electron chi connectivity index (χ3n) is 5.71. The lowest BCUT2D eigenvalue weighted by Gasteiger charge is -2.16.